The smallest absolute Gasteiger partial charge is 0.335 e. The normalized spacial score (nSPS) is 18.0. The highest BCUT2D eigenvalue weighted by Gasteiger charge is 2.35. The molecule has 116 valence electrons. The van der Waals surface area contributed by atoms with E-state index in [9.17, 15) is 4.79 Å². The van der Waals surface area contributed by atoms with Crippen LogP contribution in [0.2, 0.25) is 0 Å². The number of benzene rings is 1. The highest BCUT2D eigenvalue weighted by molar-refractivity contribution is 5.88. The van der Waals surface area contributed by atoms with Crippen molar-refractivity contribution >= 4 is 11.7 Å². The van der Waals surface area contributed by atoms with Gasteiger partial charge in [0, 0.05) is 25.9 Å². The largest absolute Gasteiger partial charge is 0.478 e. The maximum Gasteiger partial charge on any atom is 0.335 e. The number of carboxylic acid groups (broad SMARTS) is 1. The Morgan fingerprint density at radius 3 is 2.29 bits per heavy atom. The van der Waals surface area contributed by atoms with Crippen molar-refractivity contribution in [1.82, 2.24) is 0 Å². The third-order valence-corrected chi connectivity index (χ3v) is 4.37. The second-order valence-corrected chi connectivity index (χ2v) is 6.32. The fourth-order valence-electron chi connectivity index (χ4n) is 3.22. The van der Waals surface area contributed by atoms with Crippen molar-refractivity contribution in [2.24, 2.45) is 5.92 Å². The van der Waals surface area contributed by atoms with Crippen LogP contribution in [0.1, 0.15) is 43.5 Å². The van der Waals surface area contributed by atoms with Gasteiger partial charge in [0.2, 0.25) is 0 Å². The first kappa shape index (κ1) is 15.8. The number of piperidine rings is 1. The van der Waals surface area contributed by atoms with Crippen LogP contribution in [-0.4, -0.2) is 36.9 Å². The minimum absolute atomic E-state index is 0.00563. The summed E-state index contributed by atoms with van der Waals surface area (Å²) >= 11 is 0. The van der Waals surface area contributed by atoms with E-state index in [1.54, 1.807) is 12.1 Å². The molecule has 1 aromatic carbocycles. The second-order valence-electron chi connectivity index (χ2n) is 6.32. The minimum Gasteiger partial charge on any atom is -0.478 e. The van der Waals surface area contributed by atoms with Gasteiger partial charge in [-0.25, -0.2) is 4.79 Å². The molecule has 1 fully saturated rings. The van der Waals surface area contributed by atoms with Gasteiger partial charge in [-0.2, -0.15) is 0 Å². The van der Waals surface area contributed by atoms with Crippen LogP contribution in [0.25, 0.3) is 0 Å². The van der Waals surface area contributed by atoms with E-state index in [1.807, 2.05) is 19.2 Å². The summed E-state index contributed by atoms with van der Waals surface area (Å²) in [7, 11) is 1.82. The summed E-state index contributed by atoms with van der Waals surface area (Å²) in [5.41, 5.74) is 1.43. The molecule has 0 radical (unpaired) electrons. The first-order valence-electron chi connectivity index (χ1n) is 7.59. The van der Waals surface area contributed by atoms with Gasteiger partial charge in [0.15, 0.2) is 0 Å². The predicted molar refractivity (Wildman–Crippen MR) is 84.0 cm³/mol. The van der Waals surface area contributed by atoms with Crippen LogP contribution in [0, 0.1) is 5.92 Å². The lowest BCUT2D eigenvalue weighted by Crippen LogP contribution is -2.46. The Morgan fingerprint density at radius 1 is 1.29 bits per heavy atom. The number of carboxylic acids is 1. The van der Waals surface area contributed by atoms with Gasteiger partial charge in [0.1, 0.15) is 0 Å². The van der Waals surface area contributed by atoms with Gasteiger partial charge in [-0.1, -0.05) is 13.8 Å². The summed E-state index contributed by atoms with van der Waals surface area (Å²) < 4.78 is 5.82. The lowest BCUT2D eigenvalue weighted by atomic mass is 9.83. The van der Waals surface area contributed by atoms with Crippen LogP contribution in [-0.2, 0) is 4.74 Å². The van der Waals surface area contributed by atoms with Crippen molar-refractivity contribution in [3.8, 4) is 0 Å². The Kier molecular flexibility index (Phi) is 4.88. The number of hydrogen-bond donors (Lipinski definition) is 1. The number of nitrogens with zero attached hydrogens (tertiary/aromatic N) is 1. The fraction of sp³-hybridized carbons (Fsp3) is 0.588. The monoisotopic (exact) mass is 291 g/mol. The third-order valence-electron chi connectivity index (χ3n) is 4.37. The third kappa shape index (κ3) is 3.76. The van der Waals surface area contributed by atoms with Crippen LogP contribution in [0.3, 0.4) is 0 Å². The molecule has 4 nitrogen and oxygen atoms in total. The highest BCUT2D eigenvalue weighted by atomic mass is 16.5. The van der Waals surface area contributed by atoms with Crippen molar-refractivity contribution in [1.29, 1.82) is 0 Å². The van der Waals surface area contributed by atoms with Crippen molar-refractivity contribution in [2.75, 3.05) is 25.1 Å². The first-order chi connectivity index (χ1) is 9.96. The van der Waals surface area contributed by atoms with E-state index >= 15 is 0 Å². The van der Waals surface area contributed by atoms with Crippen LogP contribution in [0.5, 0.6) is 0 Å². The van der Waals surface area contributed by atoms with Gasteiger partial charge in [-0.3, -0.25) is 0 Å². The van der Waals surface area contributed by atoms with E-state index in [1.165, 1.54) is 0 Å². The zero-order chi connectivity index (χ0) is 15.5. The average molecular weight is 291 g/mol. The maximum absolute atomic E-state index is 10.9. The van der Waals surface area contributed by atoms with Crippen LogP contribution in [0.4, 0.5) is 5.69 Å². The van der Waals surface area contributed by atoms with Crippen LogP contribution < -0.4 is 4.90 Å². The molecule has 0 saturated carbocycles. The number of carbonyl (C=O) groups is 1. The summed E-state index contributed by atoms with van der Waals surface area (Å²) in [4.78, 5) is 13.2. The summed E-state index contributed by atoms with van der Waals surface area (Å²) in [5.74, 6) is -0.248. The molecule has 0 aromatic heterocycles. The highest BCUT2D eigenvalue weighted by Crippen LogP contribution is 2.33. The number of hydrogen-bond acceptors (Lipinski definition) is 3. The molecule has 0 spiro atoms. The van der Waals surface area contributed by atoms with Gasteiger partial charge >= 0.3 is 5.97 Å². The van der Waals surface area contributed by atoms with Gasteiger partial charge in [-0.15, -0.1) is 0 Å². The molecule has 1 aliphatic heterocycles. The van der Waals surface area contributed by atoms with Crippen LogP contribution >= 0.6 is 0 Å². The number of anilines is 1. The molecule has 1 saturated heterocycles. The molecule has 0 bridgehead atoms. The summed E-state index contributed by atoms with van der Waals surface area (Å²) in [6.45, 7) is 6.37. The van der Waals surface area contributed by atoms with Crippen molar-refractivity contribution < 1.29 is 14.6 Å². The Hall–Kier alpha value is -1.55. The lowest BCUT2D eigenvalue weighted by Gasteiger charge is -2.42. The first-order valence-corrected chi connectivity index (χ1v) is 7.59. The molecule has 1 N–H and O–H groups in total. The van der Waals surface area contributed by atoms with Crippen molar-refractivity contribution in [3.63, 3.8) is 0 Å². The van der Waals surface area contributed by atoms with Crippen LogP contribution in [0.15, 0.2) is 24.3 Å². The molecule has 0 aliphatic carbocycles. The Bertz CT molecular complexity index is 473. The van der Waals surface area contributed by atoms with E-state index in [2.05, 4.69) is 18.7 Å². The second kappa shape index (κ2) is 6.48. The number of ether oxygens (including phenoxy) is 1. The summed E-state index contributed by atoms with van der Waals surface area (Å²) in [6.07, 6.45) is 3.13. The number of rotatable bonds is 5. The number of methoxy groups -OCH3 is 1. The maximum atomic E-state index is 10.9. The molecule has 0 atom stereocenters. The van der Waals surface area contributed by atoms with Gasteiger partial charge in [0.05, 0.1) is 11.2 Å². The molecule has 4 heteroatoms. The topological polar surface area (TPSA) is 49.8 Å². The Morgan fingerprint density at radius 2 is 1.86 bits per heavy atom. The molecular formula is C17H25NO3. The standard InChI is InChI=1S/C17H25NO3/c1-13(2)12-17(21-3)8-10-18(11-9-17)15-6-4-14(5-7-15)16(19)20/h4-7,13H,8-12H2,1-3H3,(H,19,20). The van der Waals surface area contributed by atoms with Crippen molar-refractivity contribution in [3.05, 3.63) is 29.8 Å². The molecular weight excluding hydrogens is 266 g/mol. The van der Waals surface area contributed by atoms with E-state index in [-0.39, 0.29) is 5.60 Å². The fourth-order valence-corrected chi connectivity index (χ4v) is 3.22. The molecule has 21 heavy (non-hydrogen) atoms. The molecule has 2 rings (SSSR count). The van der Waals surface area contributed by atoms with Gasteiger partial charge < -0.3 is 14.7 Å². The molecule has 0 amide bonds. The average Bonchev–Trinajstić information content (AvgIpc) is 2.47. The quantitative estimate of drug-likeness (QED) is 0.903. The minimum atomic E-state index is -0.879. The molecule has 1 aromatic rings. The lowest BCUT2D eigenvalue weighted by molar-refractivity contribution is -0.0444. The molecule has 1 aliphatic rings. The van der Waals surface area contributed by atoms with E-state index in [0.717, 1.165) is 38.0 Å². The SMILES string of the molecule is COC1(CC(C)C)CCN(c2ccc(C(=O)O)cc2)CC1. The predicted octanol–water partition coefficient (Wildman–Crippen LogP) is 3.42. The summed E-state index contributed by atoms with van der Waals surface area (Å²) in [6, 6.07) is 7.13. The molecule has 1 heterocycles. The zero-order valence-corrected chi connectivity index (χ0v) is 13.1. The Labute approximate surface area is 126 Å². The molecule has 0 unspecified atom stereocenters. The Balaban J connectivity index is 2.01. The number of aromatic carboxylic acids is 1. The van der Waals surface area contributed by atoms with E-state index in [4.69, 9.17) is 9.84 Å². The van der Waals surface area contributed by atoms with Crippen molar-refractivity contribution in [2.45, 2.75) is 38.7 Å². The zero-order valence-electron chi connectivity index (χ0n) is 13.1. The van der Waals surface area contributed by atoms with Gasteiger partial charge in [0.25, 0.3) is 0 Å². The van der Waals surface area contributed by atoms with Gasteiger partial charge in [-0.05, 0) is 49.4 Å². The summed E-state index contributed by atoms with van der Waals surface area (Å²) in [5, 5.41) is 8.94. The van der Waals surface area contributed by atoms with E-state index < -0.39 is 5.97 Å². The van der Waals surface area contributed by atoms with E-state index in [0.29, 0.717) is 11.5 Å².